The molecular weight excluding hydrogens is 1220 g/mol. The van der Waals surface area contributed by atoms with Crippen LogP contribution in [-0.4, -0.2) is 92.7 Å². The van der Waals surface area contributed by atoms with Crippen molar-refractivity contribution >= 4 is 53.2 Å². The van der Waals surface area contributed by atoms with Crippen LogP contribution in [0.2, 0.25) is 0 Å². The van der Waals surface area contributed by atoms with Crippen LogP contribution in [0.25, 0.3) is 22.5 Å². The van der Waals surface area contributed by atoms with Crippen molar-refractivity contribution in [1.82, 2.24) is 35.5 Å². The molecule has 488 valence electrons. The first-order chi connectivity index (χ1) is 46.0. The van der Waals surface area contributed by atoms with Crippen molar-refractivity contribution < 1.29 is 47.7 Å². The molecule has 3 amide bonds. The highest BCUT2D eigenvalue weighted by Crippen LogP contribution is 2.45. The van der Waals surface area contributed by atoms with E-state index in [2.05, 4.69) is 92.3 Å². The van der Waals surface area contributed by atoms with Crippen molar-refractivity contribution in [1.29, 1.82) is 0 Å². The number of carbonyl (C=O) groups is 5. The van der Waals surface area contributed by atoms with Gasteiger partial charge in [-0.05, 0) is 139 Å². The molecule has 0 aliphatic rings. The van der Waals surface area contributed by atoms with Gasteiger partial charge in [-0.15, -0.1) is 16.9 Å². The number of hydrogen-bond acceptors (Lipinski definition) is 15. The zero-order valence-electron chi connectivity index (χ0n) is 54.4. The second-order valence-corrected chi connectivity index (χ2v) is 24.1. The molecule has 8 aromatic carbocycles. The van der Waals surface area contributed by atoms with Gasteiger partial charge in [-0.3, -0.25) is 14.5 Å². The molecule has 1 atom stereocenters. The van der Waals surface area contributed by atoms with Gasteiger partial charge in [0, 0.05) is 37.4 Å². The number of aromatic nitrogens is 6. The fourth-order valence-corrected chi connectivity index (χ4v) is 11.9. The Morgan fingerprint density at radius 1 is 0.663 bits per heavy atom. The molecule has 2 heterocycles. The molecule has 0 fully saturated rings. The second kappa shape index (κ2) is 32.6. The predicted molar refractivity (Wildman–Crippen MR) is 367 cm³/mol. The number of imidazole rings is 1. The summed E-state index contributed by atoms with van der Waals surface area (Å²) in [4.78, 5) is 74.0. The van der Waals surface area contributed by atoms with Gasteiger partial charge in [0.25, 0.3) is 5.91 Å². The molecule has 0 radical (unpaired) electrons. The number of H-pyrrole nitrogens is 1. The molecule has 95 heavy (non-hydrogen) atoms. The number of nitrogens with one attached hydrogen (secondary N) is 3. The summed E-state index contributed by atoms with van der Waals surface area (Å²) in [5, 5.41) is 19.2. The fraction of sp³-hybridized carbons (Fsp3) is 0.240. The maximum absolute atomic E-state index is 13.9. The molecule has 0 aliphatic heterocycles. The summed E-state index contributed by atoms with van der Waals surface area (Å²) in [5.41, 5.74) is 7.00. The van der Waals surface area contributed by atoms with E-state index in [1.807, 2.05) is 96.5 Å². The second-order valence-electron chi connectivity index (χ2n) is 22.9. The minimum atomic E-state index is -0.966. The average Bonchev–Trinajstić information content (AvgIpc) is 1.69. The number of amides is 3. The largest absolute Gasteiger partial charge is 0.484 e. The number of nitrogens with zero attached hydrogens (tertiary/aromatic N) is 6. The van der Waals surface area contributed by atoms with Crippen LogP contribution in [0.15, 0.2) is 217 Å². The highest BCUT2D eigenvalue weighted by molar-refractivity contribution is 7.99. The summed E-state index contributed by atoms with van der Waals surface area (Å²) < 4.78 is 29.0. The number of rotatable bonds is 24. The first-order valence-corrected chi connectivity index (χ1v) is 32.2. The molecule has 19 nitrogen and oxygen atoms in total. The van der Waals surface area contributed by atoms with Crippen LogP contribution in [0, 0.1) is 0 Å². The number of aryl methyl sites for hydroxylation is 1. The third-order valence-corrected chi connectivity index (χ3v) is 16.1. The summed E-state index contributed by atoms with van der Waals surface area (Å²) in [5.74, 6) is 0.858. The van der Waals surface area contributed by atoms with E-state index < -0.39 is 40.5 Å². The summed E-state index contributed by atoms with van der Waals surface area (Å²) >= 11 is 1.45. The van der Waals surface area contributed by atoms with Crippen molar-refractivity contribution in [2.45, 2.75) is 95.6 Å². The summed E-state index contributed by atoms with van der Waals surface area (Å²) in [7, 11) is 1.58. The Labute approximate surface area is 557 Å². The fourth-order valence-electron chi connectivity index (χ4n) is 10.6. The van der Waals surface area contributed by atoms with Gasteiger partial charge in [0.1, 0.15) is 34.2 Å². The normalized spacial score (nSPS) is 11.5. The number of hydrogen-bond donors (Lipinski definition) is 3. The Bertz CT molecular complexity index is 4070. The van der Waals surface area contributed by atoms with Crippen LogP contribution in [0.1, 0.15) is 110 Å². The van der Waals surface area contributed by atoms with E-state index in [9.17, 15) is 24.0 Å². The van der Waals surface area contributed by atoms with Gasteiger partial charge in [-0.1, -0.05) is 177 Å². The third-order valence-electron chi connectivity index (χ3n) is 14.8. The van der Waals surface area contributed by atoms with Crippen LogP contribution < -0.4 is 25.0 Å². The maximum Gasteiger partial charge on any atom is 0.414 e. The molecule has 0 spiro atoms. The van der Waals surface area contributed by atoms with E-state index in [1.165, 1.54) is 23.6 Å². The molecule has 0 saturated carbocycles. The van der Waals surface area contributed by atoms with Crippen molar-refractivity contribution in [3.63, 3.8) is 0 Å². The predicted octanol–water partition coefficient (Wildman–Crippen LogP) is 15.0. The Morgan fingerprint density at radius 2 is 1.24 bits per heavy atom. The minimum absolute atomic E-state index is 0.164. The van der Waals surface area contributed by atoms with Gasteiger partial charge in [0.2, 0.25) is 0 Å². The first-order valence-electron chi connectivity index (χ1n) is 31.3. The van der Waals surface area contributed by atoms with E-state index in [1.54, 1.807) is 102 Å². The van der Waals surface area contributed by atoms with E-state index in [0.717, 1.165) is 50.9 Å². The smallest absolute Gasteiger partial charge is 0.414 e. The number of benzene rings is 8. The Balaban J connectivity index is 0.00000169. The van der Waals surface area contributed by atoms with Crippen molar-refractivity contribution in [3.05, 3.63) is 257 Å². The van der Waals surface area contributed by atoms with Crippen molar-refractivity contribution in [2.24, 2.45) is 0 Å². The number of ether oxygens (including phenoxy) is 5. The highest BCUT2D eigenvalue weighted by atomic mass is 32.2. The average molecular weight is 1300 g/mol. The quantitative estimate of drug-likeness (QED) is 0.0221. The molecule has 0 bridgehead atoms. The lowest BCUT2D eigenvalue weighted by Gasteiger charge is -2.36. The Hall–Kier alpha value is -10.9. The molecule has 2 aromatic heterocycles. The van der Waals surface area contributed by atoms with Crippen LogP contribution in [0.5, 0.6) is 11.5 Å². The van der Waals surface area contributed by atoms with Gasteiger partial charge in [-0.2, -0.15) is 0 Å². The summed E-state index contributed by atoms with van der Waals surface area (Å²) in [6.07, 6.45) is 0.558. The van der Waals surface area contributed by atoms with E-state index >= 15 is 0 Å². The monoisotopic (exact) mass is 1300 g/mol. The molecular formula is C75H77N9O10S. The Kier molecular flexibility index (Phi) is 23.5. The SMILES string of the molecule is CCCc1nc(C(Cc2ccc(-c3ccccc3-c3nnnn3C(c3ccccc3)(c3ccccc3)c3ccccc3)cc2)Sc2ccc(NC(=O)COc3ccc(CNC(=O)Oc4ccccc4)cc3)c(N(C)C(=O)OC(C)(C)C)c2)c(C(=O)OCC)[nH]1.CCOC(C)=O. The number of carbonyl (C=O) groups excluding carboxylic acids is 5. The lowest BCUT2D eigenvalue weighted by Crippen LogP contribution is -2.39. The molecule has 3 N–H and O–H groups in total. The standard InChI is InChI=1S/C71H69N9O8S.C4H8O2/c1-7-23-62-74-64(65(75-62)67(82)85-8-2)61(89-56-42-43-59(60(45-56)79(6)69(84)88-70(3,4)5)73-63(81)47-86-54-40-36-49(37-41-54)46-72-68(83)87-55-30-19-12-20-31-55)44-48-34-38-50(39-35-48)57-32-21-22-33-58(57)66-76-77-78-80(66)71(51-24-13-9-14-25-51,52-26-15-10-16-27-52)53-28-17-11-18-29-53;1-3-6-4(2)5/h9-22,24-43,45,61H,7-8,23,44,46-47H2,1-6H3,(H,72,83)(H,73,81)(H,74,75);3H2,1-2H3. The summed E-state index contributed by atoms with van der Waals surface area (Å²) in [6.45, 7) is 12.8. The topological polar surface area (TPSA) is 231 Å². The number of tetrazole rings is 1. The molecule has 0 saturated heterocycles. The van der Waals surface area contributed by atoms with Gasteiger partial charge < -0.3 is 39.3 Å². The number of anilines is 2. The van der Waals surface area contributed by atoms with Gasteiger partial charge in [0.05, 0.1) is 35.5 Å². The van der Waals surface area contributed by atoms with Gasteiger partial charge in [0.15, 0.2) is 12.4 Å². The van der Waals surface area contributed by atoms with Crippen molar-refractivity contribution in [2.75, 3.05) is 37.1 Å². The van der Waals surface area contributed by atoms with Crippen LogP contribution >= 0.6 is 11.8 Å². The maximum atomic E-state index is 13.9. The third kappa shape index (κ3) is 17.8. The lowest BCUT2D eigenvalue weighted by molar-refractivity contribution is -0.140. The molecule has 10 aromatic rings. The zero-order chi connectivity index (χ0) is 67.3. The number of aromatic amines is 1. The lowest BCUT2D eigenvalue weighted by atomic mass is 9.77. The first kappa shape index (κ1) is 68.5. The van der Waals surface area contributed by atoms with Gasteiger partial charge >= 0.3 is 24.1 Å². The van der Waals surface area contributed by atoms with Crippen molar-refractivity contribution in [3.8, 4) is 34.0 Å². The number of para-hydroxylation sites is 1. The molecule has 10 rings (SSSR count). The van der Waals surface area contributed by atoms with Crippen LogP contribution in [0.3, 0.4) is 0 Å². The minimum Gasteiger partial charge on any atom is -0.484 e. The zero-order valence-corrected chi connectivity index (χ0v) is 55.2. The number of thioether (sulfide) groups is 1. The van der Waals surface area contributed by atoms with Crippen LogP contribution in [-0.2, 0) is 48.7 Å². The molecule has 20 heteroatoms. The van der Waals surface area contributed by atoms with Crippen LogP contribution in [0.4, 0.5) is 21.0 Å². The van der Waals surface area contributed by atoms with Gasteiger partial charge in [-0.25, -0.2) is 24.0 Å². The molecule has 1 unspecified atom stereocenters. The Morgan fingerprint density at radius 3 is 1.81 bits per heavy atom. The molecule has 0 aliphatic carbocycles. The van der Waals surface area contributed by atoms with E-state index in [0.29, 0.717) is 64.6 Å². The van der Waals surface area contributed by atoms with E-state index in [4.69, 9.17) is 34.2 Å². The van der Waals surface area contributed by atoms with E-state index in [-0.39, 0.29) is 31.4 Å². The summed E-state index contributed by atoms with van der Waals surface area (Å²) in [6, 6.07) is 68.4. The number of esters is 2. The highest BCUT2D eigenvalue weighted by Gasteiger charge is 2.42.